The summed E-state index contributed by atoms with van der Waals surface area (Å²) in [5.74, 6) is -0.124. The Morgan fingerprint density at radius 3 is 2.72 bits per heavy atom. The molecule has 0 aliphatic heterocycles. The fraction of sp³-hybridized carbons (Fsp3) is 0.333. The second-order valence-corrected chi connectivity index (χ2v) is 3.89. The minimum absolute atomic E-state index is 0.0862. The zero-order chi connectivity index (χ0) is 13.5. The summed E-state index contributed by atoms with van der Waals surface area (Å²) in [6.45, 7) is 0.141. The Morgan fingerprint density at radius 1 is 1.39 bits per heavy atom. The Labute approximate surface area is 105 Å². The summed E-state index contributed by atoms with van der Waals surface area (Å²) in [5, 5.41) is 0. The van der Waals surface area contributed by atoms with E-state index in [1.54, 1.807) is 24.3 Å². The van der Waals surface area contributed by atoms with Crippen LogP contribution in [-0.4, -0.2) is 36.9 Å². The van der Waals surface area contributed by atoms with E-state index in [2.05, 4.69) is 0 Å². The summed E-state index contributed by atoms with van der Waals surface area (Å²) < 4.78 is 5.37. The number of carbonyl (C=O) groups is 2. The largest absolute Gasteiger partial charge is 0.493 e. The summed E-state index contributed by atoms with van der Waals surface area (Å²) >= 11 is 0. The van der Waals surface area contributed by atoms with Crippen LogP contribution in [-0.2, 0) is 9.59 Å². The van der Waals surface area contributed by atoms with Crippen LogP contribution in [0.25, 0.3) is 0 Å². The fourth-order valence-corrected chi connectivity index (χ4v) is 1.37. The van der Waals surface area contributed by atoms with Crippen LogP contribution in [0.15, 0.2) is 24.3 Å². The molecule has 1 rings (SSSR count). The first kappa shape index (κ1) is 13.8. The molecule has 1 aromatic carbocycles. The van der Waals surface area contributed by atoms with Gasteiger partial charge in [0.25, 0.3) is 0 Å². The SMILES string of the molecule is CN(CC(N)=O)C(=O)CCOc1cccc(N)c1. The number of nitrogens with zero attached hydrogens (tertiary/aromatic N) is 1. The Morgan fingerprint density at radius 2 is 2.11 bits per heavy atom. The van der Waals surface area contributed by atoms with Crippen molar-refractivity contribution >= 4 is 17.5 Å². The van der Waals surface area contributed by atoms with Crippen molar-refractivity contribution in [3.63, 3.8) is 0 Å². The van der Waals surface area contributed by atoms with Gasteiger partial charge < -0.3 is 21.1 Å². The topological polar surface area (TPSA) is 98.6 Å². The first-order chi connectivity index (χ1) is 8.49. The smallest absolute Gasteiger partial charge is 0.237 e. The van der Waals surface area contributed by atoms with Crippen molar-refractivity contribution < 1.29 is 14.3 Å². The molecule has 4 N–H and O–H groups in total. The lowest BCUT2D eigenvalue weighted by atomic mass is 10.3. The van der Waals surface area contributed by atoms with E-state index in [0.29, 0.717) is 11.4 Å². The van der Waals surface area contributed by atoms with Crippen molar-refractivity contribution in [1.82, 2.24) is 4.90 Å². The van der Waals surface area contributed by atoms with E-state index in [0.717, 1.165) is 0 Å². The molecule has 0 fully saturated rings. The number of benzene rings is 1. The number of hydrogen-bond donors (Lipinski definition) is 2. The molecule has 0 saturated heterocycles. The van der Waals surface area contributed by atoms with Gasteiger partial charge in [-0.05, 0) is 12.1 Å². The maximum Gasteiger partial charge on any atom is 0.237 e. The summed E-state index contributed by atoms with van der Waals surface area (Å²) in [5.41, 5.74) is 11.2. The molecule has 0 saturated carbocycles. The van der Waals surface area contributed by atoms with Gasteiger partial charge in [0.2, 0.25) is 11.8 Å². The zero-order valence-electron chi connectivity index (χ0n) is 10.3. The van der Waals surface area contributed by atoms with Crippen LogP contribution < -0.4 is 16.2 Å². The van der Waals surface area contributed by atoms with E-state index in [4.69, 9.17) is 16.2 Å². The van der Waals surface area contributed by atoms with E-state index >= 15 is 0 Å². The van der Waals surface area contributed by atoms with Crippen molar-refractivity contribution in [2.24, 2.45) is 5.73 Å². The van der Waals surface area contributed by atoms with Crippen LogP contribution in [0.4, 0.5) is 5.69 Å². The van der Waals surface area contributed by atoms with Crippen molar-refractivity contribution in [3.8, 4) is 5.75 Å². The number of carbonyl (C=O) groups excluding carboxylic acids is 2. The lowest BCUT2D eigenvalue weighted by Gasteiger charge is -2.15. The maximum absolute atomic E-state index is 11.5. The molecule has 0 bridgehead atoms. The number of primary amides is 1. The molecular formula is C12H17N3O3. The van der Waals surface area contributed by atoms with E-state index in [-0.39, 0.29) is 25.5 Å². The van der Waals surface area contributed by atoms with E-state index in [1.165, 1.54) is 11.9 Å². The Kier molecular flexibility index (Phi) is 4.98. The summed E-state index contributed by atoms with van der Waals surface area (Å²) in [7, 11) is 1.52. The average Bonchev–Trinajstić information content (AvgIpc) is 2.28. The maximum atomic E-state index is 11.5. The van der Waals surface area contributed by atoms with Gasteiger partial charge in [-0.1, -0.05) is 6.07 Å². The highest BCUT2D eigenvalue weighted by atomic mass is 16.5. The predicted octanol–water partition coefficient (Wildman–Crippen LogP) is -0.0186. The van der Waals surface area contributed by atoms with E-state index < -0.39 is 5.91 Å². The van der Waals surface area contributed by atoms with E-state index in [1.807, 2.05) is 0 Å². The Hall–Kier alpha value is -2.24. The fourth-order valence-electron chi connectivity index (χ4n) is 1.37. The number of likely N-dealkylation sites (N-methyl/N-ethyl adjacent to an activating group) is 1. The molecule has 1 aromatic rings. The van der Waals surface area contributed by atoms with E-state index in [9.17, 15) is 9.59 Å². The van der Waals surface area contributed by atoms with Gasteiger partial charge in [-0.3, -0.25) is 9.59 Å². The van der Waals surface area contributed by atoms with Gasteiger partial charge in [0, 0.05) is 18.8 Å². The van der Waals surface area contributed by atoms with Crippen LogP contribution in [0.2, 0.25) is 0 Å². The number of nitrogen functional groups attached to an aromatic ring is 1. The standard InChI is InChI=1S/C12H17N3O3/c1-15(8-11(14)16)12(17)5-6-18-10-4-2-3-9(13)7-10/h2-4,7H,5-6,8,13H2,1H3,(H2,14,16). The molecule has 6 heteroatoms. The van der Waals surface area contributed by atoms with Gasteiger partial charge in [0.15, 0.2) is 0 Å². The van der Waals surface area contributed by atoms with Crippen molar-refractivity contribution in [3.05, 3.63) is 24.3 Å². The molecule has 18 heavy (non-hydrogen) atoms. The average molecular weight is 251 g/mol. The molecule has 0 aliphatic rings. The van der Waals surface area contributed by atoms with Gasteiger partial charge in [-0.2, -0.15) is 0 Å². The normalized spacial score (nSPS) is 9.83. The molecule has 0 atom stereocenters. The summed E-state index contributed by atoms with van der Waals surface area (Å²) in [4.78, 5) is 23.4. The third kappa shape index (κ3) is 4.73. The van der Waals surface area contributed by atoms with Crippen molar-refractivity contribution in [2.45, 2.75) is 6.42 Å². The lowest BCUT2D eigenvalue weighted by Crippen LogP contribution is -2.35. The first-order valence-electron chi connectivity index (χ1n) is 5.49. The second kappa shape index (κ2) is 6.48. The van der Waals surface area contributed by atoms with Crippen LogP contribution in [0.5, 0.6) is 5.75 Å². The predicted molar refractivity (Wildman–Crippen MR) is 67.8 cm³/mol. The monoisotopic (exact) mass is 251 g/mol. The lowest BCUT2D eigenvalue weighted by molar-refractivity contribution is -0.134. The zero-order valence-corrected chi connectivity index (χ0v) is 10.3. The number of rotatable bonds is 6. The number of anilines is 1. The molecule has 0 radical (unpaired) electrons. The van der Waals surface area contributed by atoms with Crippen LogP contribution >= 0.6 is 0 Å². The summed E-state index contributed by atoms with van der Waals surface area (Å²) in [6, 6.07) is 6.95. The molecule has 6 nitrogen and oxygen atoms in total. The van der Waals surface area contributed by atoms with Crippen LogP contribution in [0.3, 0.4) is 0 Å². The van der Waals surface area contributed by atoms with Crippen LogP contribution in [0, 0.1) is 0 Å². The highest BCUT2D eigenvalue weighted by Gasteiger charge is 2.10. The quantitative estimate of drug-likeness (QED) is 0.694. The molecule has 0 aromatic heterocycles. The molecular weight excluding hydrogens is 234 g/mol. The summed E-state index contributed by atoms with van der Waals surface area (Å²) in [6.07, 6.45) is 0.179. The number of ether oxygens (including phenoxy) is 1. The van der Waals surface area contributed by atoms with Crippen molar-refractivity contribution in [2.75, 3.05) is 25.9 Å². The number of hydrogen-bond acceptors (Lipinski definition) is 4. The Balaban J connectivity index is 2.33. The highest BCUT2D eigenvalue weighted by molar-refractivity contribution is 5.83. The number of amides is 2. The molecule has 0 heterocycles. The molecule has 0 unspecified atom stereocenters. The highest BCUT2D eigenvalue weighted by Crippen LogP contribution is 2.14. The van der Waals surface area contributed by atoms with Crippen molar-refractivity contribution in [1.29, 1.82) is 0 Å². The van der Waals surface area contributed by atoms with Gasteiger partial charge >= 0.3 is 0 Å². The second-order valence-electron chi connectivity index (χ2n) is 3.89. The minimum atomic E-state index is -0.539. The van der Waals surface area contributed by atoms with Gasteiger partial charge in [-0.25, -0.2) is 0 Å². The molecule has 98 valence electrons. The number of nitrogens with two attached hydrogens (primary N) is 2. The van der Waals surface area contributed by atoms with Gasteiger partial charge in [-0.15, -0.1) is 0 Å². The molecule has 2 amide bonds. The van der Waals surface area contributed by atoms with Gasteiger partial charge in [0.05, 0.1) is 19.6 Å². The van der Waals surface area contributed by atoms with Gasteiger partial charge in [0.1, 0.15) is 5.75 Å². The molecule has 0 aliphatic carbocycles. The first-order valence-corrected chi connectivity index (χ1v) is 5.49. The molecule has 0 spiro atoms. The Bertz CT molecular complexity index is 434. The third-order valence-corrected chi connectivity index (χ3v) is 2.26. The third-order valence-electron chi connectivity index (χ3n) is 2.26. The minimum Gasteiger partial charge on any atom is -0.493 e. The van der Waals surface area contributed by atoms with Crippen LogP contribution in [0.1, 0.15) is 6.42 Å².